The molecule has 3 N–H and O–H groups in total. The van der Waals surface area contributed by atoms with Crippen LogP contribution >= 0.6 is 0 Å². The number of ether oxygens (including phenoxy) is 1. The minimum atomic E-state index is 0.402. The van der Waals surface area contributed by atoms with Crippen LogP contribution in [0.15, 0.2) is 0 Å². The Hall–Kier alpha value is -0.120. The number of nitrogens with two attached hydrogens (primary N) is 1. The third-order valence-corrected chi connectivity index (χ3v) is 2.56. The van der Waals surface area contributed by atoms with Gasteiger partial charge >= 0.3 is 0 Å². The van der Waals surface area contributed by atoms with Crippen LogP contribution in [0.25, 0.3) is 0 Å². The van der Waals surface area contributed by atoms with Crippen LogP contribution < -0.4 is 11.1 Å². The summed E-state index contributed by atoms with van der Waals surface area (Å²) in [6.45, 7) is 6.90. The maximum Gasteiger partial charge on any atom is 0.0725 e. The third kappa shape index (κ3) is 2.73. The molecule has 0 amide bonds. The summed E-state index contributed by atoms with van der Waals surface area (Å²) in [5.41, 5.74) is 5.49. The van der Waals surface area contributed by atoms with Crippen LogP contribution in [0.1, 0.15) is 20.3 Å². The maximum atomic E-state index is 5.56. The molecular formula is C9H20N2O. The summed E-state index contributed by atoms with van der Waals surface area (Å²) in [5, 5.41) is 3.35. The minimum Gasteiger partial charge on any atom is -0.377 e. The van der Waals surface area contributed by atoms with Crippen LogP contribution in [0.4, 0.5) is 0 Å². The molecule has 0 radical (unpaired) electrons. The van der Waals surface area contributed by atoms with Crippen molar-refractivity contribution in [3.05, 3.63) is 0 Å². The first-order valence-electron chi connectivity index (χ1n) is 4.79. The molecule has 1 aliphatic rings. The molecule has 0 bridgehead atoms. The molecule has 0 aromatic carbocycles. The zero-order valence-corrected chi connectivity index (χ0v) is 8.05. The van der Waals surface area contributed by atoms with Crippen LogP contribution in [0.3, 0.4) is 0 Å². The van der Waals surface area contributed by atoms with Gasteiger partial charge in [0.25, 0.3) is 0 Å². The van der Waals surface area contributed by atoms with Crippen molar-refractivity contribution >= 4 is 0 Å². The fourth-order valence-corrected chi connectivity index (χ4v) is 1.42. The van der Waals surface area contributed by atoms with Gasteiger partial charge in [-0.2, -0.15) is 0 Å². The Bertz CT molecular complexity index is 130. The average Bonchev–Trinajstić information content (AvgIpc) is 2.47. The molecule has 72 valence electrons. The quantitative estimate of drug-likeness (QED) is 0.643. The molecule has 1 heterocycles. The smallest absolute Gasteiger partial charge is 0.0725 e. The highest BCUT2D eigenvalue weighted by Crippen LogP contribution is 2.18. The predicted octanol–water partition coefficient (Wildman–Crippen LogP) is 0.348. The molecule has 3 nitrogen and oxygen atoms in total. The Morgan fingerprint density at radius 2 is 2.42 bits per heavy atom. The lowest BCUT2D eigenvalue weighted by atomic mass is 10.0. The summed E-state index contributed by atoms with van der Waals surface area (Å²) in [6, 6.07) is 0.404. The fourth-order valence-electron chi connectivity index (χ4n) is 1.42. The third-order valence-electron chi connectivity index (χ3n) is 2.56. The lowest BCUT2D eigenvalue weighted by Crippen LogP contribution is -2.39. The topological polar surface area (TPSA) is 47.3 Å². The zero-order valence-electron chi connectivity index (χ0n) is 8.05. The second-order valence-electron chi connectivity index (χ2n) is 3.72. The normalized spacial score (nSPS) is 32.2. The van der Waals surface area contributed by atoms with Gasteiger partial charge in [-0.3, -0.25) is 0 Å². The first-order valence-corrected chi connectivity index (χ1v) is 4.79. The molecule has 0 aromatic rings. The van der Waals surface area contributed by atoms with Crippen LogP contribution in [-0.4, -0.2) is 31.8 Å². The highest BCUT2D eigenvalue weighted by atomic mass is 16.5. The molecule has 1 aliphatic heterocycles. The highest BCUT2D eigenvalue weighted by Gasteiger charge is 2.23. The Balaban J connectivity index is 2.13. The summed E-state index contributed by atoms with van der Waals surface area (Å²) in [4.78, 5) is 0. The fraction of sp³-hybridized carbons (Fsp3) is 1.00. The van der Waals surface area contributed by atoms with Gasteiger partial charge in [-0.25, -0.2) is 0 Å². The SMILES string of the molecule is CC1CCOC1CN[C@H](C)CN. The standard InChI is InChI=1S/C9H20N2O/c1-7-3-4-12-9(7)6-11-8(2)5-10/h7-9,11H,3-6,10H2,1-2H3/t7?,8-,9?/m1/s1. The molecule has 0 spiro atoms. The first-order chi connectivity index (χ1) is 5.74. The Morgan fingerprint density at radius 3 is 2.92 bits per heavy atom. The van der Waals surface area contributed by atoms with E-state index in [0.29, 0.717) is 24.6 Å². The highest BCUT2D eigenvalue weighted by molar-refractivity contribution is 4.76. The molecule has 1 fully saturated rings. The van der Waals surface area contributed by atoms with E-state index in [1.54, 1.807) is 0 Å². The van der Waals surface area contributed by atoms with Crippen molar-refractivity contribution in [2.24, 2.45) is 11.7 Å². The van der Waals surface area contributed by atoms with E-state index in [2.05, 4.69) is 19.2 Å². The van der Waals surface area contributed by atoms with Crippen molar-refractivity contribution in [1.29, 1.82) is 0 Å². The van der Waals surface area contributed by atoms with Gasteiger partial charge in [0.2, 0.25) is 0 Å². The lowest BCUT2D eigenvalue weighted by molar-refractivity contribution is 0.0915. The molecule has 1 saturated heterocycles. The molecule has 3 atom stereocenters. The summed E-state index contributed by atoms with van der Waals surface area (Å²) >= 11 is 0. The maximum absolute atomic E-state index is 5.56. The van der Waals surface area contributed by atoms with E-state index in [1.165, 1.54) is 6.42 Å². The Labute approximate surface area is 74.7 Å². The van der Waals surface area contributed by atoms with Gasteiger partial charge < -0.3 is 15.8 Å². The van der Waals surface area contributed by atoms with E-state index >= 15 is 0 Å². The van der Waals surface area contributed by atoms with Gasteiger partial charge in [-0.05, 0) is 19.3 Å². The lowest BCUT2D eigenvalue weighted by Gasteiger charge is -2.18. The van der Waals surface area contributed by atoms with Gasteiger partial charge in [0.05, 0.1) is 6.10 Å². The summed E-state index contributed by atoms with van der Waals surface area (Å²) in [6.07, 6.45) is 1.60. The molecule has 3 heteroatoms. The Kier molecular flexibility index (Phi) is 3.98. The minimum absolute atomic E-state index is 0.402. The van der Waals surface area contributed by atoms with Crippen molar-refractivity contribution in [2.75, 3.05) is 19.7 Å². The number of hydrogen-bond acceptors (Lipinski definition) is 3. The predicted molar refractivity (Wildman–Crippen MR) is 50.0 cm³/mol. The summed E-state index contributed by atoms with van der Waals surface area (Å²) in [7, 11) is 0. The second-order valence-corrected chi connectivity index (χ2v) is 3.72. The van der Waals surface area contributed by atoms with Gasteiger partial charge in [0.1, 0.15) is 0 Å². The van der Waals surface area contributed by atoms with E-state index in [1.807, 2.05) is 0 Å². The zero-order chi connectivity index (χ0) is 8.97. The van der Waals surface area contributed by atoms with E-state index in [-0.39, 0.29) is 0 Å². The molecule has 12 heavy (non-hydrogen) atoms. The summed E-state index contributed by atoms with van der Waals surface area (Å²) < 4.78 is 5.56. The monoisotopic (exact) mass is 172 g/mol. The van der Waals surface area contributed by atoms with Crippen molar-refractivity contribution < 1.29 is 4.74 Å². The van der Waals surface area contributed by atoms with Gasteiger partial charge in [0.15, 0.2) is 0 Å². The molecular weight excluding hydrogens is 152 g/mol. The number of rotatable bonds is 4. The molecule has 0 saturated carbocycles. The van der Waals surface area contributed by atoms with Crippen molar-refractivity contribution in [3.8, 4) is 0 Å². The van der Waals surface area contributed by atoms with Gasteiger partial charge in [0, 0.05) is 25.7 Å². The number of nitrogens with one attached hydrogen (secondary N) is 1. The Morgan fingerprint density at radius 1 is 1.67 bits per heavy atom. The van der Waals surface area contributed by atoms with Crippen molar-refractivity contribution in [1.82, 2.24) is 5.32 Å². The van der Waals surface area contributed by atoms with Gasteiger partial charge in [-0.1, -0.05) is 6.92 Å². The van der Waals surface area contributed by atoms with E-state index in [0.717, 1.165) is 13.2 Å². The van der Waals surface area contributed by atoms with E-state index < -0.39 is 0 Å². The van der Waals surface area contributed by atoms with Crippen LogP contribution in [0.5, 0.6) is 0 Å². The van der Waals surface area contributed by atoms with E-state index in [9.17, 15) is 0 Å². The van der Waals surface area contributed by atoms with Crippen LogP contribution in [0, 0.1) is 5.92 Å². The van der Waals surface area contributed by atoms with Crippen molar-refractivity contribution in [3.63, 3.8) is 0 Å². The van der Waals surface area contributed by atoms with E-state index in [4.69, 9.17) is 10.5 Å². The molecule has 0 aromatic heterocycles. The molecule has 1 rings (SSSR count). The summed E-state index contributed by atoms with van der Waals surface area (Å²) in [5.74, 6) is 0.697. The van der Waals surface area contributed by atoms with Crippen LogP contribution in [0.2, 0.25) is 0 Å². The molecule has 2 unspecified atom stereocenters. The van der Waals surface area contributed by atoms with Gasteiger partial charge in [-0.15, -0.1) is 0 Å². The average molecular weight is 172 g/mol. The second kappa shape index (κ2) is 4.80. The number of hydrogen-bond donors (Lipinski definition) is 2. The van der Waals surface area contributed by atoms with Crippen LogP contribution in [-0.2, 0) is 4.74 Å². The first kappa shape index (κ1) is 9.96. The van der Waals surface area contributed by atoms with Crippen molar-refractivity contribution in [2.45, 2.75) is 32.4 Å². The molecule has 0 aliphatic carbocycles. The largest absolute Gasteiger partial charge is 0.377 e.